The van der Waals surface area contributed by atoms with Crippen LogP contribution in [0.1, 0.15) is 23.7 Å². The average Bonchev–Trinajstić information content (AvgIpc) is 2.25. The first-order valence-electron chi connectivity index (χ1n) is 5.17. The second-order valence-corrected chi connectivity index (χ2v) is 3.85. The standard InChI is InChI=1S/C10H15N3O4/c1-6(14)3-4-13(2)9(16)7-5-11-10(17)12-8(7)15/h5-6,14H,3-4H2,1-2H3,(H2,11,12,15,17). The summed E-state index contributed by atoms with van der Waals surface area (Å²) in [6, 6.07) is 0. The summed E-state index contributed by atoms with van der Waals surface area (Å²) in [5, 5.41) is 9.09. The number of aromatic amines is 2. The van der Waals surface area contributed by atoms with E-state index in [9.17, 15) is 14.4 Å². The molecule has 0 aliphatic carbocycles. The fourth-order valence-electron chi connectivity index (χ4n) is 1.26. The van der Waals surface area contributed by atoms with Gasteiger partial charge in [0.25, 0.3) is 11.5 Å². The third-order valence-corrected chi connectivity index (χ3v) is 2.28. The SMILES string of the molecule is CC(O)CCN(C)C(=O)c1c[nH]c(=O)[nH]c1=O. The Bertz CT molecular complexity index is 503. The van der Waals surface area contributed by atoms with Gasteiger partial charge in [0.2, 0.25) is 0 Å². The lowest BCUT2D eigenvalue weighted by atomic mass is 10.2. The van der Waals surface area contributed by atoms with Crippen molar-refractivity contribution in [2.75, 3.05) is 13.6 Å². The van der Waals surface area contributed by atoms with Gasteiger partial charge in [-0.15, -0.1) is 0 Å². The van der Waals surface area contributed by atoms with Gasteiger partial charge in [-0.05, 0) is 13.3 Å². The molecule has 1 aromatic rings. The Morgan fingerprint density at radius 3 is 2.71 bits per heavy atom. The molecule has 94 valence electrons. The Hall–Kier alpha value is -1.89. The van der Waals surface area contributed by atoms with E-state index >= 15 is 0 Å². The van der Waals surface area contributed by atoms with E-state index in [0.717, 1.165) is 6.20 Å². The van der Waals surface area contributed by atoms with E-state index in [1.165, 1.54) is 11.9 Å². The Labute approximate surface area is 97.1 Å². The van der Waals surface area contributed by atoms with Crippen molar-refractivity contribution in [2.24, 2.45) is 0 Å². The van der Waals surface area contributed by atoms with Crippen molar-refractivity contribution in [3.63, 3.8) is 0 Å². The third-order valence-electron chi connectivity index (χ3n) is 2.28. The van der Waals surface area contributed by atoms with Crippen LogP contribution in [0.5, 0.6) is 0 Å². The number of carbonyl (C=O) groups is 1. The predicted octanol–water partition coefficient (Wildman–Crippen LogP) is -1.09. The zero-order chi connectivity index (χ0) is 13.0. The van der Waals surface area contributed by atoms with Crippen LogP contribution < -0.4 is 11.2 Å². The van der Waals surface area contributed by atoms with Crippen LogP contribution in [0, 0.1) is 0 Å². The first-order chi connectivity index (χ1) is 7.91. The molecule has 0 spiro atoms. The van der Waals surface area contributed by atoms with Gasteiger partial charge in [0.1, 0.15) is 5.56 Å². The van der Waals surface area contributed by atoms with Crippen LogP contribution >= 0.6 is 0 Å². The molecule has 0 saturated carbocycles. The minimum Gasteiger partial charge on any atom is -0.393 e. The lowest BCUT2D eigenvalue weighted by Gasteiger charge is -2.17. The van der Waals surface area contributed by atoms with Gasteiger partial charge in [0.15, 0.2) is 0 Å². The molecule has 1 aromatic heterocycles. The molecular formula is C10H15N3O4. The lowest BCUT2D eigenvalue weighted by Crippen LogP contribution is -2.35. The van der Waals surface area contributed by atoms with Crippen molar-refractivity contribution in [3.05, 3.63) is 32.6 Å². The molecule has 17 heavy (non-hydrogen) atoms. The van der Waals surface area contributed by atoms with Gasteiger partial charge in [-0.3, -0.25) is 14.6 Å². The normalized spacial score (nSPS) is 12.2. The number of aliphatic hydroxyl groups excluding tert-OH is 1. The minimum atomic E-state index is -0.720. The van der Waals surface area contributed by atoms with Gasteiger partial charge in [-0.2, -0.15) is 0 Å². The van der Waals surface area contributed by atoms with Crippen molar-refractivity contribution < 1.29 is 9.90 Å². The van der Waals surface area contributed by atoms with E-state index < -0.39 is 23.3 Å². The van der Waals surface area contributed by atoms with Crippen molar-refractivity contribution >= 4 is 5.91 Å². The van der Waals surface area contributed by atoms with Crippen LogP contribution in [-0.4, -0.2) is 45.6 Å². The molecule has 1 unspecified atom stereocenters. The zero-order valence-corrected chi connectivity index (χ0v) is 9.69. The van der Waals surface area contributed by atoms with E-state index in [0.29, 0.717) is 13.0 Å². The molecule has 0 aliphatic heterocycles. The monoisotopic (exact) mass is 241 g/mol. The van der Waals surface area contributed by atoms with Gasteiger partial charge in [0, 0.05) is 19.8 Å². The molecule has 7 heteroatoms. The first-order valence-corrected chi connectivity index (χ1v) is 5.17. The molecular weight excluding hydrogens is 226 g/mol. The van der Waals surface area contributed by atoms with Crippen molar-refractivity contribution in [2.45, 2.75) is 19.4 Å². The highest BCUT2D eigenvalue weighted by molar-refractivity contribution is 5.93. The maximum Gasteiger partial charge on any atom is 0.325 e. The van der Waals surface area contributed by atoms with Crippen molar-refractivity contribution in [3.8, 4) is 0 Å². The summed E-state index contributed by atoms with van der Waals surface area (Å²) in [4.78, 5) is 39.4. The maximum atomic E-state index is 11.8. The highest BCUT2D eigenvalue weighted by Gasteiger charge is 2.15. The maximum absolute atomic E-state index is 11.8. The summed E-state index contributed by atoms with van der Waals surface area (Å²) in [5.41, 5.74) is -1.50. The van der Waals surface area contributed by atoms with Crippen molar-refractivity contribution in [1.29, 1.82) is 0 Å². The van der Waals surface area contributed by atoms with Gasteiger partial charge < -0.3 is 15.0 Å². The van der Waals surface area contributed by atoms with Gasteiger partial charge in [-0.25, -0.2) is 4.79 Å². The van der Waals surface area contributed by atoms with Crippen LogP contribution in [0.15, 0.2) is 15.8 Å². The molecule has 0 aliphatic rings. The zero-order valence-electron chi connectivity index (χ0n) is 9.69. The van der Waals surface area contributed by atoms with E-state index in [1.54, 1.807) is 6.92 Å². The summed E-state index contributed by atoms with van der Waals surface area (Å²) in [6.45, 7) is 1.94. The molecule has 1 amide bonds. The topological polar surface area (TPSA) is 106 Å². The number of nitrogens with one attached hydrogen (secondary N) is 2. The number of aromatic nitrogens is 2. The van der Waals surface area contributed by atoms with E-state index in [1.807, 2.05) is 4.98 Å². The van der Waals surface area contributed by atoms with Gasteiger partial charge >= 0.3 is 5.69 Å². The lowest BCUT2D eigenvalue weighted by molar-refractivity contribution is 0.0766. The number of rotatable bonds is 4. The number of amides is 1. The third kappa shape index (κ3) is 3.56. The molecule has 0 radical (unpaired) electrons. The molecule has 0 fully saturated rings. The fraction of sp³-hybridized carbons (Fsp3) is 0.500. The number of hydrogen-bond acceptors (Lipinski definition) is 4. The van der Waals surface area contributed by atoms with Crippen LogP contribution in [0.3, 0.4) is 0 Å². The number of nitrogens with zero attached hydrogens (tertiary/aromatic N) is 1. The molecule has 3 N–H and O–H groups in total. The molecule has 0 bridgehead atoms. The quantitative estimate of drug-likeness (QED) is 0.622. The van der Waals surface area contributed by atoms with Gasteiger partial charge in [0.05, 0.1) is 6.10 Å². The Morgan fingerprint density at radius 1 is 1.53 bits per heavy atom. The summed E-state index contributed by atoms with van der Waals surface area (Å²) in [7, 11) is 1.52. The summed E-state index contributed by atoms with van der Waals surface area (Å²) >= 11 is 0. The number of hydrogen-bond donors (Lipinski definition) is 3. The summed E-state index contributed by atoms with van der Waals surface area (Å²) in [6.07, 6.45) is 0.991. The van der Waals surface area contributed by atoms with Crippen LogP contribution in [0.25, 0.3) is 0 Å². The van der Waals surface area contributed by atoms with Crippen LogP contribution in [0.4, 0.5) is 0 Å². The van der Waals surface area contributed by atoms with E-state index in [4.69, 9.17) is 5.11 Å². The fourth-order valence-corrected chi connectivity index (χ4v) is 1.26. The van der Waals surface area contributed by atoms with Crippen LogP contribution in [-0.2, 0) is 0 Å². The van der Waals surface area contributed by atoms with E-state index in [-0.39, 0.29) is 5.56 Å². The highest BCUT2D eigenvalue weighted by Crippen LogP contribution is 1.98. The highest BCUT2D eigenvalue weighted by atomic mass is 16.3. The smallest absolute Gasteiger partial charge is 0.325 e. The molecule has 7 nitrogen and oxygen atoms in total. The Morgan fingerprint density at radius 2 is 2.18 bits per heavy atom. The summed E-state index contributed by atoms with van der Waals surface area (Å²) in [5.74, 6) is -0.497. The Balaban J connectivity index is 2.82. The predicted molar refractivity (Wildman–Crippen MR) is 60.9 cm³/mol. The van der Waals surface area contributed by atoms with Gasteiger partial charge in [-0.1, -0.05) is 0 Å². The minimum absolute atomic E-state index is 0.127. The van der Waals surface area contributed by atoms with Crippen LogP contribution in [0.2, 0.25) is 0 Å². The second kappa shape index (κ2) is 5.44. The van der Waals surface area contributed by atoms with E-state index in [2.05, 4.69) is 4.98 Å². The number of carbonyl (C=O) groups excluding carboxylic acids is 1. The summed E-state index contributed by atoms with van der Waals surface area (Å²) < 4.78 is 0. The molecule has 0 saturated heterocycles. The molecule has 1 heterocycles. The molecule has 0 aromatic carbocycles. The molecule has 1 rings (SSSR count). The number of H-pyrrole nitrogens is 2. The Kier molecular flexibility index (Phi) is 4.22. The first kappa shape index (κ1) is 13.2. The van der Waals surface area contributed by atoms with Crippen molar-refractivity contribution in [1.82, 2.24) is 14.9 Å². The largest absolute Gasteiger partial charge is 0.393 e. The molecule has 1 atom stereocenters. The second-order valence-electron chi connectivity index (χ2n) is 3.85. The average molecular weight is 241 g/mol. The number of aliphatic hydroxyl groups is 1.